The molecule has 0 bridgehead atoms. The Morgan fingerprint density at radius 1 is 1.47 bits per heavy atom. The van der Waals surface area contributed by atoms with Gasteiger partial charge >= 0.3 is 0 Å². The van der Waals surface area contributed by atoms with Gasteiger partial charge in [0.05, 0.1) is 25.9 Å². The number of nitrogens with zero attached hydrogens (tertiary/aromatic N) is 2. The molecule has 1 aliphatic heterocycles. The lowest BCUT2D eigenvalue weighted by Gasteiger charge is -2.22. The molecule has 1 aliphatic rings. The molecule has 1 aromatic heterocycles. The summed E-state index contributed by atoms with van der Waals surface area (Å²) >= 11 is 0. The first kappa shape index (κ1) is 11.7. The molecule has 7 nitrogen and oxygen atoms in total. The predicted molar refractivity (Wildman–Crippen MR) is 59.3 cm³/mol. The normalized spacial score (nSPS) is 19.9. The minimum absolute atomic E-state index is 0.102. The molecule has 1 unspecified atom stereocenters. The van der Waals surface area contributed by atoms with E-state index in [2.05, 4.69) is 15.5 Å². The van der Waals surface area contributed by atoms with E-state index in [9.17, 15) is 4.79 Å². The number of rotatable bonds is 3. The fraction of sp³-hybridized carbons (Fsp3) is 0.500. The molecule has 2 heterocycles. The van der Waals surface area contributed by atoms with Crippen LogP contribution >= 0.6 is 0 Å². The largest absolute Gasteiger partial charge is 0.382 e. The second-order valence-corrected chi connectivity index (χ2v) is 3.62. The number of nitrogen functional groups attached to an aromatic ring is 1. The number of amides is 1. The zero-order valence-corrected chi connectivity index (χ0v) is 9.26. The van der Waals surface area contributed by atoms with Crippen LogP contribution < -0.4 is 11.1 Å². The quantitative estimate of drug-likeness (QED) is 0.715. The van der Waals surface area contributed by atoms with E-state index in [-0.39, 0.29) is 23.5 Å². The van der Waals surface area contributed by atoms with Gasteiger partial charge in [-0.25, -0.2) is 0 Å². The summed E-state index contributed by atoms with van der Waals surface area (Å²) in [7, 11) is 0. The van der Waals surface area contributed by atoms with Crippen molar-refractivity contribution in [1.29, 1.82) is 0 Å². The van der Waals surface area contributed by atoms with Crippen molar-refractivity contribution in [2.45, 2.75) is 6.10 Å². The molecule has 0 radical (unpaired) electrons. The van der Waals surface area contributed by atoms with E-state index in [0.717, 1.165) is 0 Å². The van der Waals surface area contributed by atoms with Crippen molar-refractivity contribution in [3.8, 4) is 0 Å². The van der Waals surface area contributed by atoms with Crippen molar-refractivity contribution < 1.29 is 14.3 Å². The summed E-state index contributed by atoms with van der Waals surface area (Å²) in [6, 6.07) is 3.05. The van der Waals surface area contributed by atoms with Crippen LogP contribution in [-0.4, -0.2) is 48.6 Å². The number of carbonyl (C=O) groups excluding carboxylic acids is 1. The third-order valence-electron chi connectivity index (χ3n) is 2.29. The van der Waals surface area contributed by atoms with E-state index >= 15 is 0 Å². The Labute approximate surface area is 98.3 Å². The summed E-state index contributed by atoms with van der Waals surface area (Å²) in [5.41, 5.74) is 5.61. The van der Waals surface area contributed by atoms with Gasteiger partial charge in [-0.3, -0.25) is 4.79 Å². The number of carbonyl (C=O) groups is 1. The molecule has 7 heteroatoms. The molecular weight excluding hydrogens is 224 g/mol. The number of ether oxygens (including phenoxy) is 2. The second kappa shape index (κ2) is 5.55. The van der Waals surface area contributed by atoms with Crippen LogP contribution in [0, 0.1) is 0 Å². The van der Waals surface area contributed by atoms with Gasteiger partial charge < -0.3 is 20.5 Å². The maximum absolute atomic E-state index is 11.6. The highest BCUT2D eigenvalue weighted by molar-refractivity contribution is 5.92. The molecule has 1 aromatic rings. The first-order valence-corrected chi connectivity index (χ1v) is 5.32. The maximum atomic E-state index is 11.6. The van der Waals surface area contributed by atoms with Crippen molar-refractivity contribution in [2.24, 2.45) is 0 Å². The van der Waals surface area contributed by atoms with Crippen LogP contribution in [0.5, 0.6) is 0 Å². The Kier molecular flexibility index (Phi) is 3.84. The molecule has 1 atom stereocenters. The molecule has 0 aromatic carbocycles. The molecule has 92 valence electrons. The SMILES string of the molecule is Nc1ccc(C(=O)NCC2COCCO2)nn1. The van der Waals surface area contributed by atoms with Gasteiger partial charge in [0.2, 0.25) is 0 Å². The number of anilines is 1. The predicted octanol–water partition coefficient (Wildman–Crippen LogP) is -0.796. The van der Waals surface area contributed by atoms with E-state index in [1.807, 2.05) is 0 Å². The number of hydrogen-bond donors (Lipinski definition) is 2. The van der Waals surface area contributed by atoms with E-state index in [1.165, 1.54) is 12.1 Å². The van der Waals surface area contributed by atoms with Gasteiger partial charge in [-0.1, -0.05) is 0 Å². The van der Waals surface area contributed by atoms with Gasteiger partial charge in [-0.15, -0.1) is 10.2 Å². The molecule has 3 N–H and O–H groups in total. The highest BCUT2D eigenvalue weighted by atomic mass is 16.6. The summed E-state index contributed by atoms with van der Waals surface area (Å²) in [6.07, 6.45) is -0.102. The molecule has 17 heavy (non-hydrogen) atoms. The summed E-state index contributed by atoms with van der Waals surface area (Å²) in [5.74, 6) is -0.0164. The molecule has 2 rings (SSSR count). The van der Waals surface area contributed by atoms with Crippen molar-refractivity contribution in [3.05, 3.63) is 17.8 Å². The Bertz CT molecular complexity index is 376. The molecule has 1 fully saturated rings. The third-order valence-corrected chi connectivity index (χ3v) is 2.29. The van der Waals surface area contributed by atoms with Crippen LogP contribution in [0.4, 0.5) is 5.82 Å². The standard InChI is InChI=1S/C10H14N4O3/c11-9-2-1-8(13-14-9)10(15)12-5-7-6-16-3-4-17-7/h1-2,7H,3-6H2,(H2,11,14)(H,12,15). The number of hydrogen-bond acceptors (Lipinski definition) is 6. The van der Waals surface area contributed by atoms with E-state index in [4.69, 9.17) is 15.2 Å². The second-order valence-electron chi connectivity index (χ2n) is 3.62. The topological polar surface area (TPSA) is 99.4 Å². The summed E-state index contributed by atoms with van der Waals surface area (Å²) in [5, 5.41) is 9.99. The van der Waals surface area contributed by atoms with Gasteiger partial charge in [0.25, 0.3) is 5.91 Å². The highest BCUT2D eigenvalue weighted by Gasteiger charge is 2.16. The van der Waals surface area contributed by atoms with Crippen LogP contribution in [0.25, 0.3) is 0 Å². The number of nitrogens with two attached hydrogens (primary N) is 1. The number of nitrogens with one attached hydrogen (secondary N) is 1. The Morgan fingerprint density at radius 3 is 3.00 bits per heavy atom. The van der Waals surface area contributed by atoms with Gasteiger partial charge in [0, 0.05) is 6.54 Å². The lowest BCUT2D eigenvalue weighted by atomic mass is 10.3. The molecule has 0 aliphatic carbocycles. The van der Waals surface area contributed by atoms with Crippen molar-refractivity contribution in [2.75, 3.05) is 32.1 Å². The average molecular weight is 238 g/mol. The lowest BCUT2D eigenvalue weighted by Crippen LogP contribution is -2.40. The van der Waals surface area contributed by atoms with E-state index in [0.29, 0.717) is 26.4 Å². The average Bonchev–Trinajstić information content (AvgIpc) is 2.38. The first-order chi connectivity index (χ1) is 8.25. The molecule has 1 saturated heterocycles. The summed E-state index contributed by atoms with van der Waals surface area (Å²) < 4.78 is 10.6. The summed E-state index contributed by atoms with van der Waals surface area (Å²) in [4.78, 5) is 11.6. The van der Waals surface area contributed by atoms with Crippen molar-refractivity contribution in [1.82, 2.24) is 15.5 Å². The fourth-order valence-corrected chi connectivity index (χ4v) is 1.42. The van der Waals surface area contributed by atoms with Crippen molar-refractivity contribution >= 4 is 11.7 Å². The minimum Gasteiger partial charge on any atom is -0.382 e. The highest BCUT2D eigenvalue weighted by Crippen LogP contribution is 2.00. The Balaban J connectivity index is 1.82. The van der Waals surface area contributed by atoms with Gasteiger partial charge in [0.1, 0.15) is 5.82 Å². The van der Waals surface area contributed by atoms with Crippen molar-refractivity contribution in [3.63, 3.8) is 0 Å². The van der Waals surface area contributed by atoms with Gasteiger partial charge in [-0.2, -0.15) is 0 Å². The Morgan fingerprint density at radius 2 is 2.35 bits per heavy atom. The molecule has 0 spiro atoms. The van der Waals surface area contributed by atoms with Crippen LogP contribution in [0.3, 0.4) is 0 Å². The summed E-state index contributed by atoms with van der Waals surface area (Å²) in [6.45, 7) is 2.05. The molecule has 0 saturated carbocycles. The van der Waals surface area contributed by atoms with Crippen LogP contribution in [0.15, 0.2) is 12.1 Å². The first-order valence-electron chi connectivity index (χ1n) is 5.32. The third kappa shape index (κ3) is 3.36. The molecule has 1 amide bonds. The van der Waals surface area contributed by atoms with E-state index < -0.39 is 0 Å². The monoisotopic (exact) mass is 238 g/mol. The van der Waals surface area contributed by atoms with E-state index in [1.54, 1.807) is 0 Å². The van der Waals surface area contributed by atoms with Crippen LogP contribution in [-0.2, 0) is 9.47 Å². The maximum Gasteiger partial charge on any atom is 0.271 e. The Hall–Kier alpha value is -1.73. The minimum atomic E-state index is -0.299. The zero-order chi connectivity index (χ0) is 12.1. The smallest absolute Gasteiger partial charge is 0.271 e. The number of aromatic nitrogens is 2. The van der Waals surface area contributed by atoms with Crippen LogP contribution in [0.1, 0.15) is 10.5 Å². The molecular formula is C10H14N4O3. The van der Waals surface area contributed by atoms with Gasteiger partial charge in [0.15, 0.2) is 5.69 Å². The van der Waals surface area contributed by atoms with Crippen LogP contribution in [0.2, 0.25) is 0 Å². The lowest BCUT2D eigenvalue weighted by molar-refractivity contribution is -0.0855. The zero-order valence-electron chi connectivity index (χ0n) is 9.26. The fourth-order valence-electron chi connectivity index (χ4n) is 1.42. The van der Waals surface area contributed by atoms with Gasteiger partial charge in [-0.05, 0) is 12.1 Å².